The maximum Gasteiger partial charge on any atom is 0.270 e. The second-order valence-corrected chi connectivity index (χ2v) is 6.51. The van der Waals surface area contributed by atoms with E-state index >= 15 is 0 Å². The molecule has 1 saturated heterocycles. The van der Waals surface area contributed by atoms with Gasteiger partial charge in [-0.15, -0.1) is 0 Å². The first-order valence-corrected chi connectivity index (χ1v) is 8.90. The van der Waals surface area contributed by atoms with Crippen LogP contribution in [0.5, 0.6) is 0 Å². The van der Waals surface area contributed by atoms with Crippen molar-refractivity contribution >= 4 is 11.8 Å². The Morgan fingerprint density at radius 1 is 1.16 bits per heavy atom. The smallest absolute Gasteiger partial charge is 0.270 e. The summed E-state index contributed by atoms with van der Waals surface area (Å²) in [5.41, 5.74) is 2.76. The number of amides is 2. The Labute approximate surface area is 148 Å². The van der Waals surface area contributed by atoms with Gasteiger partial charge in [0.1, 0.15) is 5.69 Å². The van der Waals surface area contributed by atoms with Gasteiger partial charge < -0.3 is 14.8 Å². The number of likely N-dealkylation sites (tertiary alicyclic amines) is 1. The molecule has 1 aromatic heterocycles. The van der Waals surface area contributed by atoms with E-state index in [0.717, 1.165) is 24.1 Å². The van der Waals surface area contributed by atoms with Crippen LogP contribution in [0.15, 0.2) is 42.5 Å². The monoisotopic (exact) mass is 339 g/mol. The highest BCUT2D eigenvalue weighted by molar-refractivity contribution is 5.94. The summed E-state index contributed by atoms with van der Waals surface area (Å²) in [6.45, 7) is 3.75. The molecule has 1 aliphatic rings. The van der Waals surface area contributed by atoms with E-state index in [1.165, 1.54) is 0 Å². The van der Waals surface area contributed by atoms with Gasteiger partial charge in [-0.2, -0.15) is 0 Å². The van der Waals surface area contributed by atoms with Gasteiger partial charge in [0.15, 0.2) is 0 Å². The van der Waals surface area contributed by atoms with Crippen molar-refractivity contribution in [3.05, 3.63) is 48.2 Å². The van der Waals surface area contributed by atoms with Crippen molar-refractivity contribution in [1.82, 2.24) is 14.8 Å². The molecular weight excluding hydrogens is 314 g/mol. The maximum atomic E-state index is 13.0. The SMILES string of the molecule is CCNC(=O)[C@@H]1CCCN(C(=O)c2ccc(-c3ccccc3)n2C)C1. The van der Waals surface area contributed by atoms with Gasteiger partial charge >= 0.3 is 0 Å². The van der Waals surface area contributed by atoms with Gasteiger partial charge in [0.25, 0.3) is 5.91 Å². The number of rotatable bonds is 4. The predicted octanol–water partition coefficient (Wildman–Crippen LogP) is 2.68. The average molecular weight is 339 g/mol. The van der Waals surface area contributed by atoms with Crippen molar-refractivity contribution in [2.45, 2.75) is 19.8 Å². The molecule has 2 amide bonds. The molecular formula is C20H25N3O2. The molecule has 1 aliphatic heterocycles. The number of hydrogen-bond acceptors (Lipinski definition) is 2. The molecule has 1 atom stereocenters. The van der Waals surface area contributed by atoms with Crippen molar-refractivity contribution in [2.75, 3.05) is 19.6 Å². The molecule has 0 unspecified atom stereocenters. The summed E-state index contributed by atoms with van der Waals surface area (Å²) in [6, 6.07) is 13.9. The quantitative estimate of drug-likeness (QED) is 0.931. The fourth-order valence-electron chi connectivity index (χ4n) is 3.48. The number of carbonyl (C=O) groups is 2. The number of piperidine rings is 1. The van der Waals surface area contributed by atoms with Crippen LogP contribution in [0.2, 0.25) is 0 Å². The minimum atomic E-state index is -0.105. The van der Waals surface area contributed by atoms with E-state index in [1.807, 2.05) is 65.9 Å². The van der Waals surface area contributed by atoms with Gasteiger partial charge in [-0.25, -0.2) is 0 Å². The normalized spacial score (nSPS) is 17.4. The van der Waals surface area contributed by atoms with Gasteiger partial charge in [0, 0.05) is 32.4 Å². The second-order valence-electron chi connectivity index (χ2n) is 6.51. The Morgan fingerprint density at radius 2 is 1.92 bits per heavy atom. The highest BCUT2D eigenvalue weighted by Gasteiger charge is 2.29. The molecule has 1 N–H and O–H groups in total. The van der Waals surface area contributed by atoms with Crippen LogP contribution in [0.1, 0.15) is 30.3 Å². The molecule has 1 fully saturated rings. The van der Waals surface area contributed by atoms with Gasteiger partial charge in [-0.1, -0.05) is 30.3 Å². The van der Waals surface area contributed by atoms with E-state index in [9.17, 15) is 9.59 Å². The lowest BCUT2D eigenvalue weighted by Crippen LogP contribution is -2.45. The molecule has 3 rings (SSSR count). The first kappa shape index (κ1) is 17.3. The topological polar surface area (TPSA) is 54.3 Å². The van der Waals surface area contributed by atoms with Crippen molar-refractivity contribution < 1.29 is 9.59 Å². The molecule has 2 heterocycles. The van der Waals surface area contributed by atoms with Gasteiger partial charge in [0.2, 0.25) is 5.91 Å². The lowest BCUT2D eigenvalue weighted by Gasteiger charge is -2.32. The van der Waals surface area contributed by atoms with Crippen LogP contribution in [0.25, 0.3) is 11.3 Å². The summed E-state index contributed by atoms with van der Waals surface area (Å²) in [7, 11) is 1.92. The first-order chi connectivity index (χ1) is 12.1. The van der Waals surface area contributed by atoms with Gasteiger partial charge in [-0.3, -0.25) is 9.59 Å². The second kappa shape index (κ2) is 7.55. The molecule has 0 bridgehead atoms. The number of hydrogen-bond donors (Lipinski definition) is 1. The van der Waals surface area contributed by atoms with E-state index in [2.05, 4.69) is 5.32 Å². The van der Waals surface area contributed by atoms with Crippen LogP contribution < -0.4 is 5.32 Å². The molecule has 2 aromatic rings. The van der Waals surface area contributed by atoms with Crippen molar-refractivity contribution in [1.29, 1.82) is 0 Å². The fourth-order valence-corrected chi connectivity index (χ4v) is 3.48. The molecule has 5 nitrogen and oxygen atoms in total. The van der Waals surface area contributed by atoms with Crippen LogP contribution in [0, 0.1) is 5.92 Å². The average Bonchev–Trinajstić information content (AvgIpc) is 3.03. The Bertz CT molecular complexity index is 752. The van der Waals surface area contributed by atoms with Crippen molar-refractivity contribution in [3.63, 3.8) is 0 Å². The van der Waals surface area contributed by atoms with E-state index in [1.54, 1.807) is 0 Å². The van der Waals surface area contributed by atoms with Crippen LogP contribution >= 0.6 is 0 Å². The summed E-state index contributed by atoms with van der Waals surface area (Å²) in [5.74, 6) is -0.0537. The Morgan fingerprint density at radius 3 is 2.64 bits per heavy atom. The number of aromatic nitrogens is 1. The lowest BCUT2D eigenvalue weighted by atomic mass is 9.97. The zero-order valence-corrected chi connectivity index (χ0v) is 14.9. The number of nitrogens with zero attached hydrogens (tertiary/aromatic N) is 2. The van der Waals surface area contributed by atoms with Crippen molar-refractivity contribution in [2.24, 2.45) is 13.0 Å². The maximum absolute atomic E-state index is 13.0. The van der Waals surface area contributed by atoms with E-state index < -0.39 is 0 Å². The van der Waals surface area contributed by atoms with Crippen molar-refractivity contribution in [3.8, 4) is 11.3 Å². The van der Waals surface area contributed by atoms with Crippen LogP contribution in [0.3, 0.4) is 0 Å². The summed E-state index contributed by atoms with van der Waals surface area (Å²) in [6.07, 6.45) is 1.71. The number of nitrogens with one attached hydrogen (secondary N) is 1. The minimum absolute atomic E-state index is 0.00122. The van der Waals surface area contributed by atoms with Gasteiger partial charge in [-0.05, 0) is 37.5 Å². The fraction of sp³-hybridized carbons (Fsp3) is 0.400. The lowest BCUT2D eigenvalue weighted by molar-refractivity contribution is -0.126. The Balaban J connectivity index is 1.77. The van der Waals surface area contributed by atoms with Gasteiger partial charge in [0.05, 0.1) is 5.92 Å². The standard InChI is InChI=1S/C20H25N3O2/c1-3-21-19(24)16-10-7-13-23(14-16)20(25)18-12-11-17(22(18)2)15-8-5-4-6-9-15/h4-6,8-9,11-12,16H,3,7,10,13-14H2,1-2H3,(H,21,24)/t16-/m1/s1. The van der Waals surface area contributed by atoms with Crippen LogP contribution in [-0.4, -0.2) is 40.9 Å². The molecule has 25 heavy (non-hydrogen) atoms. The highest BCUT2D eigenvalue weighted by atomic mass is 16.2. The van der Waals surface area contributed by atoms with Crippen LogP contribution in [0.4, 0.5) is 0 Å². The number of benzene rings is 1. The minimum Gasteiger partial charge on any atom is -0.356 e. The molecule has 0 aliphatic carbocycles. The predicted molar refractivity (Wildman–Crippen MR) is 98.2 cm³/mol. The summed E-state index contributed by atoms with van der Waals surface area (Å²) in [5, 5.41) is 2.87. The van der Waals surface area contributed by atoms with E-state index in [0.29, 0.717) is 25.3 Å². The molecule has 0 radical (unpaired) electrons. The third-order valence-electron chi connectivity index (χ3n) is 4.84. The largest absolute Gasteiger partial charge is 0.356 e. The zero-order chi connectivity index (χ0) is 17.8. The molecule has 0 saturated carbocycles. The number of carbonyl (C=O) groups excluding carboxylic acids is 2. The summed E-state index contributed by atoms with van der Waals surface area (Å²) < 4.78 is 1.94. The Kier molecular flexibility index (Phi) is 5.22. The molecule has 1 aromatic carbocycles. The highest BCUT2D eigenvalue weighted by Crippen LogP contribution is 2.24. The third-order valence-corrected chi connectivity index (χ3v) is 4.84. The summed E-state index contributed by atoms with van der Waals surface area (Å²) in [4.78, 5) is 26.9. The Hall–Kier alpha value is -2.56. The van der Waals surface area contributed by atoms with Crippen LogP contribution in [-0.2, 0) is 11.8 Å². The summed E-state index contributed by atoms with van der Waals surface area (Å²) >= 11 is 0. The molecule has 5 heteroatoms. The molecule has 132 valence electrons. The third kappa shape index (κ3) is 3.60. The first-order valence-electron chi connectivity index (χ1n) is 8.90. The van der Waals surface area contributed by atoms with E-state index in [-0.39, 0.29) is 17.7 Å². The zero-order valence-electron chi connectivity index (χ0n) is 14.9. The van der Waals surface area contributed by atoms with E-state index in [4.69, 9.17) is 0 Å². The molecule has 0 spiro atoms.